The van der Waals surface area contributed by atoms with Gasteiger partial charge in [0, 0.05) is 27.7 Å². The summed E-state index contributed by atoms with van der Waals surface area (Å²) >= 11 is 0. The summed E-state index contributed by atoms with van der Waals surface area (Å²) in [4.78, 5) is 0. The molecule has 0 atom stereocenters. The van der Waals surface area contributed by atoms with E-state index in [1.807, 2.05) is 13.8 Å². The van der Waals surface area contributed by atoms with Crippen LogP contribution in [0.1, 0.15) is 16.7 Å². The molecule has 0 aromatic heterocycles. The van der Waals surface area contributed by atoms with Crippen LogP contribution < -0.4 is 5.46 Å². The number of hydrogen-bond acceptors (Lipinski definition) is 2. The second-order valence-electron chi connectivity index (χ2n) is 3.18. The molecule has 2 rings (SSSR count). The van der Waals surface area contributed by atoms with Crippen molar-refractivity contribution in [1.82, 2.24) is 0 Å². The topological polar surface area (TPSA) is 29.5 Å². The molecule has 4 heteroatoms. The SMILES string of the molecule is Cc1[c-]c2c(cc1C)COB2O.[W]. The van der Waals surface area contributed by atoms with E-state index in [2.05, 4.69) is 12.1 Å². The maximum atomic E-state index is 9.34. The van der Waals surface area contributed by atoms with E-state index in [-0.39, 0.29) is 21.1 Å². The van der Waals surface area contributed by atoms with E-state index in [4.69, 9.17) is 4.65 Å². The fraction of sp³-hybridized carbons (Fsp3) is 0.333. The maximum absolute atomic E-state index is 9.34. The molecule has 0 spiro atoms. The summed E-state index contributed by atoms with van der Waals surface area (Å²) in [5.41, 5.74) is 4.15. The zero-order valence-electron chi connectivity index (χ0n) is 7.63. The van der Waals surface area contributed by atoms with Crippen LogP contribution in [0.4, 0.5) is 0 Å². The van der Waals surface area contributed by atoms with Crippen molar-refractivity contribution in [3.63, 3.8) is 0 Å². The average Bonchev–Trinajstić information content (AvgIpc) is 2.35. The van der Waals surface area contributed by atoms with Crippen LogP contribution in [-0.2, 0) is 32.3 Å². The molecular weight excluding hydrogens is 335 g/mol. The van der Waals surface area contributed by atoms with Crippen LogP contribution in [-0.4, -0.2) is 12.1 Å². The van der Waals surface area contributed by atoms with Crippen molar-refractivity contribution in [3.8, 4) is 0 Å². The Balaban J connectivity index is 0.000000845. The minimum atomic E-state index is -0.765. The number of rotatable bonds is 0. The summed E-state index contributed by atoms with van der Waals surface area (Å²) in [7, 11) is -0.765. The van der Waals surface area contributed by atoms with Gasteiger partial charge in [-0.2, -0.15) is 23.3 Å². The second-order valence-corrected chi connectivity index (χ2v) is 3.18. The summed E-state index contributed by atoms with van der Waals surface area (Å²) in [5, 5.41) is 9.34. The van der Waals surface area contributed by atoms with Crippen LogP contribution in [0.25, 0.3) is 0 Å². The van der Waals surface area contributed by atoms with Crippen molar-refractivity contribution < 1.29 is 30.7 Å². The van der Waals surface area contributed by atoms with E-state index >= 15 is 0 Å². The average molecular weight is 345 g/mol. The first-order valence-electron chi connectivity index (χ1n) is 4.00. The molecule has 0 fully saturated rings. The minimum absolute atomic E-state index is 0. The van der Waals surface area contributed by atoms with Crippen LogP contribution in [0.5, 0.6) is 0 Å². The normalized spacial score (nSPS) is 13.9. The van der Waals surface area contributed by atoms with Gasteiger partial charge in [-0.25, -0.2) is 0 Å². The van der Waals surface area contributed by atoms with E-state index in [1.165, 1.54) is 5.56 Å². The van der Waals surface area contributed by atoms with E-state index in [9.17, 15) is 5.02 Å². The van der Waals surface area contributed by atoms with Gasteiger partial charge in [-0.1, -0.05) is 13.8 Å². The second kappa shape index (κ2) is 3.95. The Morgan fingerprint density at radius 2 is 2.23 bits per heavy atom. The molecule has 1 aliphatic rings. The zero-order valence-corrected chi connectivity index (χ0v) is 10.6. The van der Waals surface area contributed by atoms with Gasteiger partial charge in [0.1, 0.15) is 0 Å². The van der Waals surface area contributed by atoms with Crippen LogP contribution in [0.2, 0.25) is 0 Å². The first-order chi connectivity index (χ1) is 5.68. The van der Waals surface area contributed by atoms with Crippen LogP contribution >= 0.6 is 0 Å². The molecule has 1 aromatic rings. The van der Waals surface area contributed by atoms with E-state index < -0.39 is 7.12 Å². The quantitative estimate of drug-likeness (QED) is 0.542. The molecule has 2 nitrogen and oxygen atoms in total. The Labute approximate surface area is 92.7 Å². The van der Waals surface area contributed by atoms with Crippen LogP contribution in [0.3, 0.4) is 0 Å². The zero-order chi connectivity index (χ0) is 8.72. The Kier molecular flexibility index (Phi) is 3.34. The molecule has 0 bridgehead atoms. The minimum Gasteiger partial charge on any atom is -0.424 e. The van der Waals surface area contributed by atoms with Crippen molar-refractivity contribution in [2.75, 3.05) is 0 Å². The van der Waals surface area contributed by atoms with Gasteiger partial charge in [0.25, 0.3) is 0 Å². The molecule has 68 valence electrons. The van der Waals surface area contributed by atoms with Gasteiger partial charge >= 0.3 is 7.12 Å². The first-order valence-corrected chi connectivity index (χ1v) is 4.00. The maximum Gasteiger partial charge on any atom is 0.464 e. The molecule has 0 amide bonds. The van der Waals surface area contributed by atoms with Crippen molar-refractivity contribution in [2.45, 2.75) is 20.5 Å². The molecule has 1 heterocycles. The number of aryl methyl sites for hydroxylation is 2. The van der Waals surface area contributed by atoms with Crippen molar-refractivity contribution >= 4 is 12.6 Å². The van der Waals surface area contributed by atoms with E-state index in [1.54, 1.807) is 0 Å². The van der Waals surface area contributed by atoms with Gasteiger partial charge in [-0.3, -0.25) is 0 Å². The number of benzene rings is 1. The number of hydrogen-bond donors (Lipinski definition) is 1. The Hall–Kier alpha value is -0.107. The van der Waals surface area contributed by atoms with Gasteiger partial charge in [0.15, 0.2) is 0 Å². The smallest absolute Gasteiger partial charge is 0.424 e. The standard InChI is InChI=1S/C9H10BO2.W/c1-6-3-8-5-12-10(11)9(8)4-7(6)2;/h3,11H,5H2,1-2H3;/q-1;. The van der Waals surface area contributed by atoms with Crippen molar-refractivity contribution in [2.24, 2.45) is 0 Å². The summed E-state index contributed by atoms with van der Waals surface area (Å²) in [6.45, 7) is 4.53. The van der Waals surface area contributed by atoms with Crippen LogP contribution in [0, 0.1) is 19.9 Å². The fourth-order valence-corrected chi connectivity index (χ4v) is 1.42. The molecular formula is C9H10BO2W-. The van der Waals surface area contributed by atoms with Crippen LogP contribution in [0.15, 0.2) is 6.07 Å². The number of fused-ring (bicyclic) bond motifs is 1. The van der Waals surface area contributed by atoms with Gasteiger partial charge < -0.3 is 9.68 Å². The molecule has 0 saturated carbocycles. The molecule has 0 aliphatic carbocycles. The van der Waals surface area contributed by atoms with E-state index in [0.717, 1.165) is 16.6 Å². The third-order valence-electron chi connectivity index (χ3n) is 2.29. The van der Waals surface area contributed by atoms with Gasteiger partial charge in [-0.15, -0.1) is 11.0 Å². The molecule has 0 unspecified atom stereocenters. The molecule has 1 aliphatic heterocycles. The summed E-state index contributed by atoms with van der Waals surface area (Å²) in [5.74, 6) is 0. The Morgan fingerprint density at radius 3 is 2.92 bits per heavy atom. The predicted molar refractivity (Wildman–Crippen MR) is 47.1 cm³/mol. The Bertz CT molecular complexity index is 328. The molecule has 1 aromatic carbocycles. The molecule has 0 radical (unpaired) electrons. The van der Waals surface area contributed by atoms with Crippen molar-refractivity contribution in [1.29, 1.82) is 0 Å². The predicted octanol–water partition coefficient (Wildman–Crippen LogP) is 0.319. The largest absolute Gasteiger partial charge is 0.464 e. The molecule has 0 saturated heterocycles. The summed E-state index contributed by atoms with van der Waals surface area (Å²) in [6.07, 6.45) is 0. The summed E-state index contributed by atoms with van der Waals surface area (Å²) < 4.78 is 5.06. The van der Waals surface area contributed by atoms with Gasteiger partial charge in [-0.05, 0) is 0 Å². The third kappa shape index (κ3) is 1.88. The molecule has 13 heavy (non-hydrogen) atoms. The third-order valence-corrected chi connectivity index (χ3v) is 2.29. The molecule has 1 N–H and O–H groups in total. The van der Waals surface area contributed by atoms with Gasteiger partial charge in [0.05, 0.1) is 0 Å². The van der Waals surface area contributed by atoms with Crippen molar-refractivity contribution in [3.05, 3.63) is 28.8 Å². The Morgan fingerprint density at radius 1 is 1.54 bits per heavy atom. The van der Waals surface area contributed by atoms with E-state index in [0.29, 0.717) is 6.61 Å². The van der Waals surface area contributed by atoms with Gasteiger partial charge in [0.2, 0.25) is 0 Å². The monoisotopic (exact) mass is 345 g/mol. The first kappa shape index (κ1) is 11.0. The summed E-state index contributed by atoms with van der Waals surface area (Å²) in [6, 6.07) is 5.18. The fourth-order valence-electron chi connectivity index (χ4n) is 1.42.